The fraction of sp³-hybridized carbons (Fsp3) is 0.556. The normalized spacial score (nSPS) is 11.5. The third kappa shape index (κ3) is 6.50. The Labute approximate surface area is 87.9 Å². The summed E-state index contributed by atoms with van der Waals surface area (Å²) in [6.45, 7) is 5.41. The minimum Gasteiger partial charge on any atom is -0.480 e. The fourth-order valence-corrected chi connectivity index (χ4v) is 0.729. The van der Waals surface area contributed by atoms with E-state index in [1.54, 1.807) is 6.92 Å². The highest BCUT2D eigenvalue weighted by atomic mass is 16.5. The molecular weight excluding hydrogens is 202 g/mol. The van der Waals surface area contributed by atoms with Crippen LogP contribution in [0.4, 0.5) is 4.79 Å². The zero-order chi connectivity index (χ0) is 11.7. The standard InChI is InChI=1S/C9H15NO5/c1-3-5-15-9(13)10-7(8(11)12)6-14-4-2/h3,7H,1,4-6H2,2H3,(H,10,13)(H,11,12)/t7-/m1/s1. The van der Waals surface area contributed by atoms with Gasteiger partial charge in [0.2, 0.25) is 0 Å². The lowest BCUT2D eigenvalue weighted by Gasteiger charge is -2.13. The molecule has 6 nitrogen and oxygen atoms in total. The molecule has 86 valence electrons. The number of hydrogen-bond acceptors (Lipinski definition) is 4. The number of carbonyl (C=O) groups is 2. The van der Waals surface area contributed by atoms with E-state index in [1.165, 1.54) is 6.08 Å². The van der Waals surface area contributed by atoms with Crippen LogP contribution in [0.5, 0.6) is 0 Å². The third-order valence-corrected chi connectivity index (χ3v) is 1.41. The molecular formula is C9H15NO5. The van der Waals surface area contributed by atoms with Crippen LogP contribution in [-0.4, -0.2) is 43.0 Å². The molecule has 0 bridgehead atoms. The van der Waals surface area contributed by atoms with Crippen LogP contribution < -0.4 is 5.32 Å². The molecule has 1 amide bonds. The molecule has 1 atom stereocenters. The number of ether oxygens (including phenoxy) is 2. The molecule has 0 rings (SSSR count). The maximum atomic E-state index is 11.0. The van der Waals surface area contributed by atoms with Crippen LogP contribution in [0.2, 0.25) is 0 Å². The monoisotopic (exact) mass is 217 g/mol. The number of nitrogens with one attached hydrogen (secondary N) is 1. The molecule has 0 aromatic heterocycles. The maximum absolute atomic E-state index is 11.0. The van der Waals surface area contributed by atoms with E-state index in [2.05, 4.69) is 16.6 Å². The molecule has 6 heteroatoms. The smallest absolute Gasteiger partial charge is 0.408 e. The van der Waals surface area contributed by atoms with Crippen molar-refractivity contribution in [3.63, 3.8) is 0 Å². The van der Waals surface area contributed by atoms with Gasteiger partial charge in [0.05, 0.1) is 6.61 Å². The Balaban J connectivity index is 3.98. The van der Waals surface area contributed by atoms with Crippen molar-refractivity contribution in [1.29, 1.82) is 0 Å². The molecule has 0 radical (unpaired) electrons. The van der Waals surface area contributed by atoms with Crippen molar-refractivity contribution in [3.8, 4) is 0 Å². The predicted octanol–water partition coefficient (Wildman–Crippen LogP) is 0.388. The number of aliphatic carboxylic acids is 1. The Morgan fingerprint density at radius 3 is 2.73 bits per heavy atom. The first-order valence-corrected chi connectivity index (χ1v) is 4.46. The van der Waals surface area contributed by atoms with Crippen molar-refractivity contribution in [1.82, 2.24) is 5.32 Å². The van der Waals surface area contributed by atoms with Gasteiger partial charge in [0.25, 0.3) is 0 Å². The maximum Gasteiger partial charge on any atom is 0.408 e. The number of alkyl carbamates (subject to hydrolysis) is 1. The summed E-state index contributed by atoms with van der Waals surface area (Å²) in [7, 11) is 0. The molecule has 0 heterocycles. The number of carboxylic acids is 1. The van der Waals surface area contributed by atoms with Gasteiger partial charge in [-0.25, -0.2) is 9.59 Å². The van der Waals surface area contributed by atoms with E-state index in [1.807, 2.05) is 0 Å². The van der Waals surface area contributed by atoms with Gasteiger partial charge in [0.15, 0.2) is 6.04 Å². The summed E-state index contributed by atoms with van der Waals surface area (Å²) in [6, 6.07) is -1.10. The van der Waals surface area contributed by atoms with Gasteiger partial charge in [0.1, 0.15) is 6.61 Å². The van der Waals surface area contributed by atoms with E-state index >= 15 is 0 Å². The summed E-state index contributed by atoms with van der Waals surface area (Å²) in [6.07, 6.45) is 0.583. The van der Waals surface area contributed by atoms with E-state index in [9.17, 15) is 9.59 Å². The Morgan fingerprint density at radius 1 is 1.60 bits per heavy atom. The Bertz CT molecular complexity index is 229. The summed E-state index contributed by atoms with van der Waals surface area (Å²) in [4.78, 5) is 21.6. The first-order valence-electron chi connectivity index (χ1n) is 4.46. The van der Waals surface area contributed by atoms with Gasteiger partial charge < -0.3 is 19.9 Å². The number of carbonyl (C=O) groups excluding carboxylic acids is 1. The molecule has 0 aliphatic heterocycles. The van der Waals surface area contributed by atoms with Crippen molar-refractivity contribution in [3.05, 3.63) is 12.7 Å². The van der Waals surface area contributed by atoms with Crippen LogP contribution in [0.3, 0.4) is 0 Å². The third-order valence-electron chi connectivity index (χ3n) is 1.41. The molecule has 2 N–H and O–H groups in total. The SMILES string of the molecule is C=CCOC(=O)N[C@H](COCC)C(=O)O. The second-order valence-corrected chi connectivity index (χ2v) is 2.58. The Kier molecular flexibility index (Phi) is 7.00. The van der Waals surface area contributed by atoms with Gasteiger partial charge in [-0.2, -0.15) is 0 Å². The quantitative estimate of drug-likeness (QED) is 0.602. The summed E-state index contributed by atoms with van der Waals surface area (Å²) < 4.78 is 9.46. The van der Waals surface area contributed by atoms with Crippen molar-refractivity contribution in [2.45, 2.75) is 13.0 Å². The van der Waals surface area contributed by atoms with E-state index in [-0.39, 0.29) is 13.2 Å². The lowest BCUT2D eigenvalue weighted by molar-refractivity contribution is -0.140. The van der Waals surface area contributed by atoms with Gasteiger partial charge in [0, 0.05) is 6.61 Å². The molecule has 0 fully saturated rings. The van der Waals surface area contributed by atoms with Crippen LogP contribution in [0.15, 0.2) is 12.7 Å². The topological polar surface area (TPSA) is 84.9 Å². The van der Waals surface area contributed by atoms with Crippen LogP contribution in [-0.2, 0) is 14.3 Å². The minimum absolute atomic E-state index is 0.0345. The highest BCUT2D eigenvalue weighted by Crippen LogP contribution is 1.89. The molecule has 0 aromatic carbocycles. The first-order chi connectivity index (χ1) is 7.11. The summed E-state index contributed by atoms with van der Waals surface area (Å²) in [5.41, 5.74) is 0. The highest BCUT2D eigenvalue weighted by Gasteiger charge is 2.20. The second kappa shape index (κ2) is 7.81. The minimum atomic E-state index is -1.17. The van der Waals surface area contributed by atoms with Crippen molar-refractivity contribution in [2.75, 3.05) is 19.8 Å². The van der Waals surface area contributed by atoms with Gasteiger partial charge in [-0.15, -0.1) is 0 Å². The zero-order valence-electron chi connectivity index (χ0n) is 8.56. The number of amides is 1. The van der Waals surface area contributed by atoms with Crippen LogP contribution >= 0.6 is 0 Å². The van der Waals surface area contributed by atoms with E-state index in [4.69, 9.17) is 9.84 Å². The lowest BCUT2D eigenvalue weighted by atomic mass is 10.3. The number of hydrogen-bond donors (Lipinski definition) is 2. The van der Waals surface area contributed by atoms with E-state index in [0.717, 1.165) is 0 Å². The second-order valence-electron chi connectivity index (χ2n) is 2.58. The lowest BCUT2D eigenvalue weighted by Crippen LogP contribution is -2.44. The molecule has 0 unspecified atom stereocenters. The number of carboxylic acid groups (broad SMARTS) is 1. The molecule has 0 saturated carbocycles. The molecule has 0 saturated heterocycles. The zero-order valence-corrected chi connectivity index (χ0v) is 8.56. The largest absolute Gasteiger partial charge is 0.480 e. The average molecular weight is 217 g/mol. The van der Waals surface area contributed by atoms with Gasteiger partial charge in [-0.3, -0.25) is 0 Å². The van der Waals surface area contributed by atoms with Crippen molar-refractivity contribution < 1.29 is 24.2 Å². The van der Waals surface area contributed by atoms with Crippen LogP contribution in [0.1, 0.15) is 6.92 Å². The van der Waals surface area contributed by atoms with E-state index in [0.29, 0.717) is 6.61 Å². The Hall–Kier alpha value is -1.56. The first kappa shape index (κ1) is 13.4. The van der Waals surface area contributed by atoms with Gasteiger partial charge in [-0.1, -0.05) is 12.7 Å². The molecule has 0 aliphatic carbocycles. The predicted molar refractivity (Wildman–Crippen MR) is 52.6 cm³/mol. The summed E-state index contributed by atoms with van der Waals surface area (Å²) in [5.74, 6) is -1.17. The summed E-state index contributed by atoms with van der Waals surface area (Å²) in [5, 5.41) is 10.9. The highest BCUT2D eigenvalue weighted by molar-refractivity contribution is 5.80. The van der Waals surface area contributed by atoms with E-state index < -0.39 is 18.1 Å². The van der Waals surface area contributed by atoms with Crippen LogP contribution in [0, 0.1) is 0 Å². The van der Waals surface area contributed by atoms with Gasteiger partial charge >= 0.3 is 12.1 Å². The van der Waals surface area contributed by atoms with Crippen molar-refractivity contribution in [2.24, 2.45) is 0 Å². The fourth-order valence-electron chi connectivity index (χ4n) is 0.729. The molecule has 0 aliphatic rings. The van der Waals surface area contributed by atoms with Crippen molar-refractivity contribution >= 4 is 12.1 Å². The average Bonchev–Trinajstić information content (AvgIpc) is 2.20. The Morgan fingerprint density at radius 2 is 2.27 bits per heavy atom. The molecule has 0 spiro atoms. The molecule has 0 aromatic rings. The molecule has 15 heavy (non-hydrogen) atoms. The summed E-state index contributed by atoms with van der Waals surface area (Å²) >= 11 is 0. The van der Waals surface area contributed by atoms with Gasteiger partial charge in [-0.05, 0) is 6.92 Å². The number of rotatable bonds is 7. The van der Waals surface area contributed by atoms with Crippen LogP contribution in [0.25, 0.3) is 0 Å².